The second kappa shape index (κ2) is 6.20. The van der Waals surface area contributed by atoms with Gasteiger partial charge in [-0.1, -0.05) is 37.3 Å². The van der Waals surface area contributed by atoms with E-state index in [2.05, 4.69) is 13.8 Å². The monoisotopic (exact) mass is 260 g/mol. The molecule has 0 aliphatic carbocycles. The Kier molecular flexibility index (Phi) is 4.59. The minimum atomic E-state index is -0.421. The van der Waals surface area contributed by atoms with Crippen LogP contribution in [0.3, 0.4) is 0 Å². The number of amides is 1. The molecule has 1 aromatic carbocycles. The van der Waals surface area contributed by atoms with Crippen LogP contribution >= 0.6 is 0 Å². The van der Waals surface area contributed by atoms with Crippen LogP contribution in [0.1, 0.15) is 32.3 Å². The van der Waals surface area contributed by atoms with Gasteiger partial charge in [0.25, 0.3) is 0 Å². The van der Waals surface area contributed by atoms with E-state index in [0.29, 0.717) is 18.4 Å². The summed E-state index contributed by atoms with van der Waals surface area (Å²) in [5.41, 5.74) is 7.22. The maximum atomic E-state index is 12.5. The molecule has 0 bridgehead atoms. The Morgan fingerprint density at radius 3 is 2.74 bits per heavy atom. The minimum Gasteiger partial charge on any atom is -0.338 e. The third kappa shape index (κ3) is 3.35. The Morgan fingerprint density at radius 1 is 1.37 bits per heavy atom. The first-order valence-electron chi connectivity index (χ1n) is 7.19. The second-order valence-corrected chi connectivity index (χ2v) is 5.69. The van der Waals surface area contributed by atoms with Crippen molar-refractivity contribution in [3.63, 3.8) is 0 Å². The molecule has 1 aliphatic heterocycles. The van der Waals surface area contributed by atoms with Crippen LogP contribution in [0.15, 0.2) is 30.3 Å². The van der Waals surface area contributed by atoms with Crippen LogP contribution in [-0.4, -0.2) is 29.4 Å². The van der Waals surface area contributed by atoms with Gasteiger partial charge in [0, 0.05) is 12.6 Å². The highest BCUT2D eigenvalue weighted by Gasteiger charge is 2.30. The van der Waals surface area contributed by atoms with E-state index in [4.69, 9.17) is 5.73 Å². The summed E-state index contributed by atoms with van der Waals surface area (Å²) >= 11 is 0. The molecule has 3 heteroatoms. The quantitative estimate of drug-likeness (QED) is 0.905. The topological polar surface area (TPSA) is 46.3 Å². The Balaban J connectivity index is 1.99. The lowest BCUT2D eigenvalue weighted by molar-refractivity contribution is -0.137. The fourth-order valence-corrected chi connectivity index (χ4v) is 2.81. The maximum Gasteiger partial charge on any atom is 0.240 e. The molecule has 3 nitrogen and oxygen atoms in total. The predicted octanol–water partition coefficient (Wildman–Crippen LogP) is 2.20. The highest BCUT2D eigenvalue weighted by Crippen LogP contribution is 2.23. The normalized spacial score (nSPS) is 25.1. The fraction of sp³-hybridized carbons (Fsp3) is 0.562. The van der Waals surface area contributed by atoms with E-state index in [9.17, 15) is 4.79 Å². The fourth-order valence-electron chi connectivity index (χ4n) is 2.81. The number of hydrogen-bond donors (Lipinski definition) is 1. The van der Waals surface area contributed by atoms with Crippen molar-refractivity contribution in [1.29, 1.82) is 0 Å². The number of likely N-dealkylation sites (tertiary alicyclic amines) is 1. The molecular formula is C16H24N2O. The highest BCUT2D eigenvalue weighted by atomic mass is 16.2. The Morgan fingerprint density at radius 2 is 2.05 bits per heavy atom. The smallest absolute Gasteiger partial charge is 0.240 e. The average Bonchev–Trinajstić information content (AvgIpc) is 2.42. The molecule has 2 unspecified atom stereocenters. The first kappa shape index (κ1) is 14.1. The summed E-state index contributed by atoms with van der Waals surface area (Å²) in [5.74, 6) is 0.671. The number of benzene rings is 1. The van der Waals surface area contributed by atoms with Gasteiger partial charge in [0.15, 0.2) is 0 Å². The zero-order chi connectivity index (χ0) is 13.8. The summed E-state index contributed by atoms with van der Waals surface area (Å²) in [7, 11) is 0. The van der Waals surface area contributed by atoms with Gasteiger partial charge in [-0.25, -0.2) is 0 Å². The number of nitrogens with two attached hydrogens (primary N) is 1. The van der Waals surface area contributed by atoms with Crippen LogP contribution in [0.5, 0.6) is 0 Å². The van der Waals surface area contributed by atoms with Gasteiger partial charge in [-0.05, 0) is 37.7 Å². The van der Waals surface area contributed by atoms with E-state index >= 15 is 0 Å². The summed E-state index contributed by atoms with van der Waals surface area (Å²) in [4.78, 5) is 14.4. The highest BCUT2D eigenvalue weighted by molar-refractivity contribution is 5.82. The second-order valence-electron chi connectivity index (χ2n) is 5.69. The molecule has 0 radical (unpaired) electrons. The van der Waals surface area contributed by atoms with Gasteiger partial charge >= 0.3 is 0 Å². The van der Waals surface area contributed by atoms with Gasteiger partial charge in [-0.15, -0.1) is 0 Å². The molecule has 2 rings (SSSR count). The molecule has 0 spiro atoms. The summed E-state index contributed by atoms with van der Waals surface area (Å²) in [6.07, 6.45) is 2.92. The summed E-state index contributed by atoms with van der Waals surface area (Å²) in [6, 6.07) is 9.88. The summed E-state index contributed by atoms with van der Waals surface area (Å²) < 4.78 is 0. The van der Waals surface area contributed by atoms with Crippen molar-refractivity contribution in [2.24, 2.45) is 11.7 Å². The lowest BCUT2D eigenvalue weighted by atomic mass is 9.91. The number of carbonyl (C=O) groups is 1. The zero-order valence-electron chi connectivity index (χ0n) is 11.9. The molecule has 1 amide bonds. The predicted molar refractivity (Wildman–Crippen MR) is 77.7 cm³/mol. The summed E-state index contributed by atoms with van der Waals surface area (Å²) in [6.45, 7) is 5.20. The van der Waals surface area contributed by atoms with Crippen molar-refractivity contribution >= 4 is 5.91 Å². The molecule has 1 aliphatic rings. The first-order chi connectivity index (χ1) is 9.09. The molecule has 104 valence electrons. The van der Waals surface area contributed by atoms with Gasteiger partial charge in [-0.2, -0.15) is 0 Å². The van der Waals surface area contributed by atoms with Crippen molar-refractivity contribution < 1.29 is 4.79 Å². The molecular weight excluding hydrogens is 236 g/mol. The van der Waals surface area contributed by atoms with E-state index < -0.39 is 6.04 Å². The van der Waals surface area contributed by atoms with Gasteiger partial charge in [-0.3, -0.25) is 4.79 Å². The summed E-state index contributed by atoms with van der Waals surface area (Å²) in [5, 5.41) is 0. The van der Waals surface area contributed by atoms with Crippen molar-refractivity contribution in [2.75, 3.05) is 6.54 Å². The van der Waals surface area contributed by atoms with Crippen molar-refractivity contribution in [2.45, 2.75) is 45.2 Å². The molecule has 1 saturated heterocycles. The molecule has 1 heterocycles. The van der Waals surface area contributed by atoms with Gasteiger partial charge < -0.3 is 10.6 Å². The number of piperidine rings is 1. The zero-order valence-corrected chi connectivity index (χ0v) is 11.9. The van der Waals surface area contributed by atoms with Crippen LogP contribution in [0.2, 0.25) is 0 Å². The van der Waals surface area contributed by atoms with Crippen LogP contribution in [0.25, 0.3) is 0 Å². The third-order valence-corrected chi connectivity index (χ3v) is 4.27. The first-order valence-corrected chi connectivity index (χ1v) is 7.19. The lowest BCUT2D eigenvalue weighted by Crippen LogP contribution is -2.52. The average molecular weight is 260 g/mol. The van der Waals surface area contributed by atoms with E-state index in [1.54, 1.807) is 0 Å². The minimum absolute atomic E-state index is 0.0999. The van der Waals surface area contributed by atoms with Gasteiger partial charge in [0.2, 0.25) is 5.91 Å². The van der Waals surface area contributed by atoms with Crippen LogP contribution < -0.4 is 5.73 Å². The van der Waals surface area contributed by atoms with Crippen LogP contribution in [-0.2, 0) is 11.2 Å². The Bertz CT molecular complexity index is 418. The Hall–Kier alpha value is -1.35. The van der Waals surface area contributed by atoms with Gasteiger partial charge in [0.1, 0.15) is 0 Å². The van der Waals surface area contributed by atoms with Gasteiger partial charge in [0.05, 0.1) is 6.04 Å². The molecule has 0 aromatic heterocycles. The molecule has 3 atom stereocenters. The standard InChI is InChI=1S/C16H24N2O/c1-12-7-6-10-18(13(12)2)16(19)15(17)11-14-8-4-3-5-9-14/h3-5,8-9,12-13,15H,6-7,10-11,17H2,1-2H3/t12?,13?,15-/m0/s1. The number of nitrogens with zero attached hydrogens (tertiary/aromatic N) is 1. The SMILES string of the molecule is CC1CCCN(C(=O)[C@@H](N)Cc2ccccc2)C1C. The maximum absolute atomic E-state index is 12.5. The van der Waals surface area contributed by atoms with E-state index in [1.807, 2.05) is 35.2 Å². The molecule has 2 N–H and O–H groups in total. The van der Waals surface area contributed by atoms with E-state index in [1.165, 1.54) is 6.42 Å². The number of hydrogen-bond acceptors (Lipinski definition) is 2. The van der Waals surface area contributed by atoms with E-state index in [-0.39, 0.29) is 5.91 Å². The lowest BCUT2D eigenvalue weighted by Gasteiger charge is -2.39. The van der Waals surface area contributed by atoms with Crippen LogP contribution in [0, 0.1) is 5.92 Å². The largest absolute Gasteiger partial charge is 0.338 e. The number of rotatable bonds is 3. The van der Waals surface area contributed by atoms with Crippen molar-refractivity contribution in [1.82, 2.24) is 4.90 Å². The molecule has 0 saturated carbocycles. The van der Waals surface area contributed by atoms with Crippen LogP contribution in [0.4, 0.5) is 0 Å². The Labute approximate surface area is 115 Å². The number of carbonyl (C=O) groups excluding carboxylic acids is 1. The molecule has 1 aromatic rings. The van der Waals surface area contributed by atoms with Crippen molar-refractivity contribution in [3.8, 4) is 0 Å². The third-order valence-electron chi connectivity index (χ3n) is 4.27. The molecule has 1 fully saturated rings. The van der Waals surface area contributed by atoms with Crippen molar-refractivity contribution in [3.05, 3.63) is 35.9 Å². The molecule has 19 heavy (non-hydrogen) atoms. The van der Waals surface area contributed by atoms with E-state index in [0.717, 1.165) is 18.5 Å².